The maximum absolute atomic E-state index is 12.7. The summed E-state index contributed by atoms with van der Waals surface area (Å²) in [4.78, 5) is 12.9. The highest BCUT2D eigenvalue weighted by Crippen LogP contribution is 2.59. The van der Waals surface area contributed by atoms with Crippen molar-refractivity contribution in [3.63, 3.8) is 0 Å². The van der Waals surface area contributed by atoms with E-state index in [2.05, 4.69) is 10.0 Å². The lowest BCUT2D eigenvalue weighted by atomic mass is 9.49. The summed E-state index contributed by atoms with van der Waals surface area (Å²) in [6.07, 6.45) is 7.98. The number of rotatable bonds is 6. The normalized spacial score (nSPS) is 29.5. The van der Waals surface area contributed by atoms with Crippen LogP contribution in [-0.2, 0) is 10.0 Å². The standard InChI is InChI=1S/C24H28N2O3S/c27-23(25-16-24-13-17-10-18(14-24)12-19(11-17)15-24)20-6-8-21(9-7-20)26-30(28,29)22-4-2-1-3-5-22/h1-9,17-19,26H,10-16H2,(H,25,27). The second kappa shape index (κ2) is 7.41. The molecule has 0 aromatic heterocycles. The number of carbonyl (C=O) groups is 1. The van der Waals surface area contributed by atoms with Crippen molar-refractivity contribution in [3.05, 3.63) is 60.2 Å². The maximum atomic E-state index is 12.7. The predicted octanol–water partition coefficient (Wildman–Crippen LogP) is 4.43. The fourth-order valence-electron chi connectivity index (χ4n) is 6.38. The zero-order valence-corrected chi connectivity index (χ0v) is 17.8. The summed E-state index contributed by atoms with van der Waals surface area (Å²) >= 11 is 0. The second-order valence-corrected chi connectivity index (χ2v) is 11.3. The lowest BCUT2D eigenvalue weighted by Gasteiger charge is -2.56. The van der Waals surface area contributed by atoms with Crippen LogP contribution in [0.15, 0.2) is 59.5 Å². The van der Waals surface area contributed by atoms with Gasteiger partial charge in [-0.1, -0.05) is 18.2 Å². The van der Waals surface area contributed by atoms with Crippen molar-refractivity contribution in [2.24, 2.45) is 23.2 Å². The quantitative estimate of drug-likeness (QED) is 0.720. The first-order valence-electron chi connectivity index (χ1n) is 10.9. The summed E-state index contributed by atoms with van der Waals surface area (Å²) in [5.74, 6) is 2.52. The van der Waals surface area contributed by atoms with Crippen LogP contribution >= 0.6 is 0 Å². The van der Waals surface area contributed by atoms with E-state index in [4.69, 9.17) is 0 Å². The van der Waals surface area contributed by atoms with Crippen molar-refractivity contribution in [1.29, 1.82) is 0 Å². The Morgan fingerprint density at radius 1 is 0.867 bits per heavy atom. The third-order valence-electron chi connectivity index (χ3n) is 7.24. The number of nitrogens with one attached hydrogen (secondary N) is 2. The minimum atomic E-state index is -3.63. The van der Waals surface area contributed by atoms with Gasteiger partial charge in [0.25, 0.3) is 15.9 Å². The Hall–Kier alpha value is -2.34. The van der Waals surface area contributed by atoms with Gasteiger partial charge in [-0.3, -0.25) is 9.52 Å². The molecular formula is C24H28N2O3S. The van der Waals surface area contributed by atoms with Gasteiger partial charge < -0.3 is 5.32 Å². The first-order chi connectivity index (χ1) is 14.4. The van der Waals surface area contributed by atoms with Crippen molar-refractivity contribution >= 4 is 21.6 Å². The van der Waals surface area contributed by atoms with Crippen LogP contribution in [0.2, 0.25) is 0 Å². The van der Waals surface area contributed by atoms with Gasteiger partial charge in [-0.15, -0.1) is 0 Å². The summed E-state index contributed by atoms with van der Waals surface area (Å²) < 4.78 is 27.4. The molecule has 158 valence electrons. The minimum absolute atomic E-state index is 0.0804. The number of carbonyl (C=O) groups excluding carboxylic acids is 1. The molecule has 0 aliphatic heterocycles. The molecule has 4 aliphatic carbocycles. The van der Waals surface area contributed by atoms with Crippen LogP contribution in [0.1, 0.15) is 48.9 Å². The van der Waals surface area contributed by atoms with Crippen molar-refractivity contribution in [2.75, 3.05) is 11.3 Å². The van der Waals surface area contributed by atoms with E-state index in [1.807, 2.05) is 0 Å². The number of amides is 1. The predicted molar refractivity (Wildman–Crippen MR) is 117 cm³/mol. The Balaban J connectivity index is 1.21. The van der Waals surface area contributed by atoms with E-state index < -0.39 is 10.0 Å². The monoisotopic (exact) mass is 424 g/mol. The van der Waals surface area contributed by atoms with Crippen LogP contribution in [0.4, 0.5) is 5.69 Å². The van der Waals surface area contributed by atoms with Gasteiger partial charge >= 0.3 is 0 Å². The molecule has 0 radical (unpaired) electrons. The zero-order valence-electron chi connectivity index (χ0n) is 17.0. The van der Waals surface area contributed by atoms with Crippen molar-refractivity contribution in [1.82, 2.24) is 5.32 Å². The van der Waals surface area contributed by atoms with E-state index >= 15 is 0 Å². The molecule has 0 heterocycles. The van der Waals surface area contributed by atoms with E-state index in [0.29, 0.717) is 16.7 Å². The van der Waals surface area contributed by atoms with Crippen LogP contribution in [0.5, 0.6) is 0 Å². The highest BCUT2D eigenvalue weighted by Gasteiger charge is 2.50. The second-order valence-electron chi connectivity index (χ2n) is 9.60. The topological polar surface area (TPSA) is 75.3 Å². The van der Waals surface area contributed by atoms with Crippen molar-refractivity contribution in [3.8, 4) is 0 Å². The molecule has 0 unspecified atom stereocenters. The average Bonchev–Trinajstić information content (AvgIpc) is 2.72. The molecule has 30 heavy (non-hydrogen) atoms. The van der Waals surface area contributed by atoms with Crippen LogP contribution in [-0.4, -0.2) is 20.9 Å². The third-order valence-corrected chi connectivity index (χ3v) is 8.64. The van der Waals surface area contributed by atoms with Gasteiger partial charge in [0.15, 0.2) is 0 Å². The number of hydrogen-bond acceptors (Lipinski definition) is 3. The van der Waals surface area contributed by atoms with E-state index in [9.17, 15) is 13.2 Å². The van der Waals surface area contributed by atoms with Crippen LogP contribution < -0.4 is 10.0 Å². The minimum Gasteiger partial charge on any atom is -0.351 e. The molecule has 5 nitrogen and oxygen atoms in total. The molecule has 0 saturated heterocycles. The Labute approximate surface area is 178 Å². The Kier molecular flexibility index (Phi) is 4.85. The number of benzene rings is 2. The van der Waals surface area contributed by atoms with Gasteiger partial charge in [-0.25, -0.2) is 8.42 Å². The lowest BCUT2D eigenvalue weighted by Crippen LogP contribution is -2.51. The van der Waals surface area contributed by atoms with Gasteiger partial charge in [-0.05, 0) is 98.1 Å². The SMILES string of the molecule is O=C(NCC12CC3CC(CC(C3)C1)C2)c1ccc(NS(=O)(=O)c2ccccc2)cc1. The number of hydrogen-bond donors (Lipinski definition) is 2. The molecule has 4 fully saturated rings. The summed E-state index contributed by atoms with van der Waals surface area (Å²) in [5.41, 5.74) is 1.30. The molecule has 0 atom stereocenters. The number of anilines is 1. The van der Waals surface area contributed by atoms with E-state index in [-0.39, 0.29) is 10.8 Å². The van der Waals surface area contributed by atoms with Crippen molar-refractivity contribution < 1.29 is 13.2 Å². The van der Waals surface area contributed by atoms with Crippen LogP contribution in [0.25, 0.3) is 0 Å². The molecule has 2 aromatic rings. The summed E-state index contributed by atoms with van der Waals surface area (Å²) in [5, 5.41) is 3.17. The molecule has 4 aliphatic rings. The number of sulfonamides is 1. The molecule has 2 N–H and O–H groups in total. The fraction of sp³-hybridized carbons (Fsp3) is 0.458. The zero-order chi connectivity index (χ0) is 20.8. The molecule has 0 spiro atoms. The highest BCUT2D eigenvalue weighted by atomic mass is 32.2. The Bertz CT molecular complexity index is 997. The van der Waals surface area contributed by atoms with Gasteiger partial charge in [0.1, 0.15) is 0 Å². The van der Waals surface area contributed by atoms with Gasteiger partial charge in [-0.2, -0.15) is 0 Å². The van der Waals surface area contributed by atoms with Gasteiger partial charge in [0, 0.05) is 17.8 Å². The molecular weight excluding hydrogens is 396 g/mol. The summed E-state index contributed by atoms with van der Waals surface area (Å²) in [6.45, 7) is 0.762. The summed E-state index contributed by atoms with van der Waals surface area (Å²) in [7, 11) is -3.63. The molecule has 1 amide bonds. The van der Waals surface area contributed by atoms with E-state index in [1.165, 1.54) is 38.5 Å². The average molecular weight is 425 g/mol. The Morgan fingerprint density at radius 3 is 2.00 bits per heavy atom. The lowest BCUT2D eigenvalue weighted by molar-refractivity contribution is -0.0503. The largest absolute Gasteiger partial charge is 0.351 e. The third kappa shape index (κ3) is 3.85. The maximum Gasteiger partial charge on any atom is 0.261 e. The molecule has 6 heteroatoms. The fourth-order valence-corrected chi connectivity index (χ4v) is 7.46. The molecule has 4 bridgehead atoms. The summed E-state index contributed by atoms with van der Waals surface area (Å²) in [6, 6.07) is 14.9. The van der Waals surface area contributed by atoms with E-state index in [0.717, 1.165) is 24.3 Å². The molecule has 6 rings (SSSR count). The highest BCUT2D eigenvalue weighted by molar-refractivity contribution is 7.92. The first-order valence-corrected chi connectivity index (χ1v) is 12.4. The molecule has 2 aromatic carbocycles. The van der Waals surface area contributed by atoms with Gasteiger partial charge in [0.05, 0.1) is 4.90 Å². The van der Waals surface area contributed by atoms with Gasteiger partial charge in [0.2, 0.25) is 0 Å². The molecule has 4 saturated carbocycles. The first kappa shape index (κ1) is 19.6. The van der Waals surface area contributed by atoms with E-state index in [1.54, 1.807) is 54.6 Å². The van der Waals surface area contributed by atoms with Crippen molar-refractivity contribution in [2.45, 2.75) is 43.4 Å². The smallest absolute Gasteiger partial charge is 0.261 e. The Morgan fingerprint density at radius 2 is 1.43 bits per heavy atom. The van der Waals surface area contributed by atoms with Crippen LogP contribution in [0, 0.1) is 23.2 Å². The van der Waals surface area contributed by atoms with Crippen LogP contribution in [0.3, 0.4) is 0 Å².